The predicted octanol–water partition coefficient (Wildman–Crippen LogP) is 1.59. The largest absolute Gasteiger partial charge is 0.347 e. The number of hydrogen-bond acceptors (Lipinski definition) is 2. The fourth-order valence-corrected chi connectivity index (χ4v) is 1.54. The highest BCUT2D eigenvalue weighted by Gasteiger charge is 2.16. The molecule has 0 fully saturated rings. The van der Waals surface area contributed by atoms with E-state index in [4.69, 9.17) is 0 Å². The van der Waals surface area contributed by atoms with E-state index in [0.717, 1.165) is 5.56 Å². The van der Waals surface area contributed by atoms with Crippen LogP contribution in [0.25, 0.3) is 0 Å². The van der Waals surface area contributed by atoms with E-state index in [2.05, 4.69) is 10.6 Å². The highest BCUT2D eigenvalue weighted by atomic mass is 16.2. The van der Waals surface area contributed by atoms with Crippen LogP contribution in [0, 0.1) is 6.92 Å². The van der Waals surface area contributed by atoms with E-state index in [0.29, 0.717) is 5.69 Å². The monoisotopic (exact) mass is 249 g/mol. The molecule has 1 atom stereocenters. The molecule has 0 unspecified atom stereocenters. The lowest BCUT2D eigenvalue weighted by molar-refractivity contribution is -0.130. The molecule has 5 nitrogen and oxygen atoms in total. The first kappa shape index (κ1) is 14.0. The van der Waals surface area contributed by atoms with E-state index in [1.807, 2.05) is 25.1 Å². The number of carbonyl (C=O) groups excluding carboxylic acids is 2. The lowest BCUT2D eigenvalue weighted by Crippen LogP contribution is -2.45. The van der Waals surface area contributed by atoms with E-state index in [1.54, 1.807) is 27.1 Å². The highest BCUT2D eigenvalue weighted by molar-refractivity contribution is 5.93. The van der Waals surface area contributed by atoms with Crippen LogP contribution in [0.15, 0.2) is 24.3 Å². The SMILES string of the molecule is Cc1cccc(NC(=O)N[C@@H](C)C(=O)N(C)C)c1. The summed E-state index contributed by atoms with van der Waals surface area (Å²) in [6.07, 6.45) is 0. The Morgan fingerprint density at radius 3 is 2.50 bits per heavy atom. The van der Waals surface area contributed by atoms with Gasteiger partial charge in [0.25, 0.3) is 0 Å². The Labute approximate surface area is 107 Å². The quantitative estimate of drug-likeness (QED) is 0.854. The Balaban J connectivity index is 2.54. The highest BCUT2D eigenvalue weighted by Crippen LogP contribution is 2.09. The van der Waals surface area contributed by atoms with Gasteiger partial charge in [-0.05, 0) is 31.5 Å². The number of carbonyl (C=O) groups is 2. The summed E-state index contributed by atoms with van der Waals surface area (Å²) in [5.41, 5.74) is 1.77. The zero-order valence-corrected chi connectivity index (χ0v) is 11.2. The van der Waals surface area contributed by atoms with Crippen molar-refractivity contribution < 1.29 is 9.59 Å². The van der Waals surface area contributed by atoms with Crippen molar-refractivity contribution in [2.75, 3.05) is 19.4 Å². The second-order valence-corrected chi connectivity index (χ2v) is 4.42. The maximum absolute atomic E-state index is 11.7. The predicted molar refractivity (Wildman–Crippen MR) is 71.5 cm³/mol. The molecule has 0 aliphatic carbocycles. The molecule has 98 valence electrons. The van der Waals surface area contributed by atoms with Crippen LogP contribution in [-0.4, -0.2) is 37.0 Å². The van der Waals surface area contributed by atoms with Crippen molar-refractivity contribution in [1.82, 2.24) is 10.2 Å². The maximum Gasteiger partial charge on any atom is 0.319 e. The zero-order chi connectivity index (χ0) is 13.7. The number of nitrogens with zero attached hydrogens (tertiary/aromatic N) is 1. The molecule has 0 heterocycles. The van der Waals surface area contributed by atoms with Gasteiger partial charge in [-0.2, -0.15) is 0 Å². The number of rotatable bonds is 3. The summed E-state index contributed by atoms with van der Waals surface area (Å²) in [5.74, 6) is -0.144. The van der Waals surface area contributed by atoms with Crippen LogP contribution in [0.2, 0.25) is 0 Å². The minimum Gasteiger partial charge on any atom is -0.347 e. The van der Waals surface area contributed by atoms with Gasteiger partial charge in [0.2, 0.25) is 5.91 Å². The van der Waals surface area contributed by atoms with E-state index in [-0.39, 0.29) is 11.9 Å². The number of amides is 3. The number of likely N-dealkylation sites (N-methyl/N-ethyl adjacent to an activating group) is 1. The summed E-state index contributed by atoms with van der Waals surface area (Å²) in [6, 6.07) is 6.53. The lowest BCUT2D eigenvalue weighted by atomic mass is 10.2. The topological polar surface area (TPSA) is 61.4 Å². The second-order valence-electron chi connectivity index (χ2n) is 4.42. The van der Waals surface area contributed by atoms with Gasteiger partial charge in [0.05, 0.1) is 0 Å². The van der Waals surface area contributed by atoms with Crippen molar-refractivity contribution in [1.29, 1.82) is 0 Å². The first-order valence-corrected chi connectivity index (χ1v) is 5.75. The fourth-order valence-electron chi connectivity index (χ4n) is 1.54. The van der Waals surface area contributed by atoms with Gasteiger partial charge in [0, 0.05) is 19.8 Å². The molecule has 1 aromatic rings. The fraction of sp³-hybridized carbons (Fsp3) is 0.385. The van der Waals surface area contributed by atoms with E-state index in [9.17, 15) is 9.59 Å². The van der Waals surface area contributed by atoms with Crippen LogP contribution in [0.3, 0.4) is 0 Å². The molecular weight excluding hydrogens is 230 g/mol. The Bertz CT molecular complexity index is 444. The Morgan fingerprint density at radius 1 is 1.28 bits per heavy atom. The summed E-state index contributed by atoms with van der Waals surface area (Å²) in [6.45, 7) is 3.60. The van der Waals surface area contributed by atoms with Crippen LogP contribution in [0.5, 0.6) is 0 Å². The van der Waals surface area contributed by atoms with Crippen molar-refractivity contribution in [3.63, 3.8) is 0 Å². The molecule has 0 aliphatic rings. The Hall–Kier alpha value is -2.04. The van der Waals surface area contributed by atoms with Crippen LogP contribution in [-0.2, 0) is 4.79 Å². The van der Waals surface area contributed by atoms with Crippen LogP contribution in [0.1, 0.15) is 12.5 Å². The molecule has 0 spiro atoms. The van der Waals surface area contributed by atoms with Crippen molar-refractivity contribution in [3.8, 4) is 0 Å². The Kier molecular flexibility index (Phi) is 4.71. The lowest BCUT2D eigenvalue weighted by Gasteiger charge is -2.18. The zero-order valence-electron chi connectivity index (χ0n) is 11.2. The van der Waals surface area contributed by atoms with E-state index >= 15 is 0 Å². The molecule has 0 saturated carbocycles. The molecule has 1 rings (SSSR count). The van der Waals surface area contributed by atoms with Crippen molar-refractivity contribution >= 4 is 17.6 Å². The molecule has 0 radical (unpaired) electrons. The minimum atomic E-state index is -0.551. The van der Waals surface area contributed by atoms with E-state index < -0.39 is 6.04 Å². The molecule has 0 aliphatic heterocycles. The third kappa shape index (κ3) is 4.08. The average Bonchev–Trinajstić information content (AvgIpc) is 2.27. The minimum absolute atomic E-state index is 0.144. The summed E-state index contributed by atoms with van der Waals surface area (Å²) in [7, 11) is 3.30. The third-order valence-electron chi connectivity index (χ3n) is 2.43. The number of anilines is 1. The maximum atomic E-state index is 11.7. The first-order chi connectivity index (χ1) is 8.40. The van der Waals surface area contributed by atoms with Gasteiger partial charge in [-0.25, -0.2) is 4.79 Å². The number of hydrogen-bond donors (Lipinski definition) is 2. The van der Waals surface area contributed by atoms with Gasteiger partial charge in [-0.3, -0.25) is 4.79 Å². The number of urea groups is 1. The van der Waals surface area contributed by atoms with Crippen LogP contribution in [0.4, 0.5) is 10.5 Å². The van der Waals surface area contributed by atoms with Crippen LogP contribution >= 0.6 is 0 Å². The van der Waals surface area contributed by atoms with Crippen molar-refractivity contribution in [3.05, 3.63) is 29.8 Å². The number of benzene rings is 1. The summed E-state index contributed by atoms with van der Waals surface area (Å²) < 4.78 is 0. The first-order valence-electron chi connectivity index (χ1n) is 5.75. The van der Waals surface area contributed by atoms with Crippen molar-refractivity contribution in [2.45, 2.75) is 19.9 Å². The molecule has 5 heteroatoms. The smallest absolute Gasteiger partial charge is 0.319 e. The number of nitrogens with one attached hydrogen (secondary N) is 2. The Morgan fingerprint density at radius 2 is 1.94 bits per heavy atom. The van der Waals surface area contributed by atoms with Gasteiger partial charge < -0.3 is 15.5 Å². The summed E-state index contributed by atoms with van der Waals surface area (Å²) in [5, 5.41) is 5.27. The third-order valence-corrected chi connectivity index (χ3v) is 2.43. The van der Waals surface area contributed by atoms with Gasteiger partial charge in [-0.15, -0.1) is 0 Å². The van der Waals surface area contributed by atoms with Crippen molar-refractivity contribution in [2.24, 2.45) is 0 Å². The molecule has 0 aromatic heterocycles. The standard InChI is InChI=1S/C13H19N3O2/c1-9-6-5-7-11(8-9)15-13(18)14-10(2)12(17)16(3)4/h5-8,10H,1-4H3,(H2,14,15,18)/t10-/m0/s1. The van der Waals surface area contributed by atoms with Gasteiger partial charge >= 0.3 is 6.03 Å². The molecule has 0 bridgehead atoms. The molecular formula is C13H19N3O2. The molecule has 1 aromatic carbocycles. The van der Waals surface area contributed by atoms with Crippen LogP contribution < -0.4 is 10.6 Å². The molecule has 3 amide bonds. The number of aryl methyl sites for hydroxylation is 1. The second kappa shape index (κ2) is 6.05. The van der Waals surface area contributed by atoms with E-state index in [1.165, 1.54) is 4.90 Å². The molecule has 2 N–H and O–H groups in total. The van der Waals surface area contributed by atoms with Gasteiger partial charge in [-0.1, -0.05) is 12.1 Å². The summed E-state index contributed by atoms with van der Waals surface area (Å²) in [4.78, 5) is 24.7. The normalized spacial score (nSPS) is 11.6. The van der Waals surface area contributed by atoms with Gasteiger partial charge in [0.1, 0.15) is 6.04 Å². The summed E-state index contributed by atoms with van der Waals surface area (Å²) >= 11 is 0. The molecule has 18 heavy (non-hydrogen) atoms. The van der Waals surface area contributed by atoms with Gasteiger partial charge in [0.15, 0.2) is 0 Å². The molecule has 0 saturated heterocycles. The average molecular weight is 249 g/mol.